The largest absolute Gasteiger partial charge is 1.00 e. The van der Waals surface area contributed by atoms with Crippen molar-refractivity contribution in [3.05, 3.63) is 47.8 Å². The lowest BCUT2D eigenvalue weighted by atomic mass is 10.1. The third kappa shape index (κ3) is 6.31. The van der Waals surface area contributed by atoms with Crippen molar-refractivity contribution in [3.63, 3.8) is 0 Å². The van der Waals surface area contributed by atoms with Crippen LogP contribution < -0.4 is 46.6 Å². The highest BCUT2D eigenvalue weighted by Crippen LogP contribution is 2.38. The smallest absolute Gasteiger partial charge is 0.423 e. The summed E-state index contributed by atoms with van der Waals surface area (Å²) in [5.41, 5.74) is 5.58. The molecule has 0 aliphatic carbocycles. The minimum Gasteiger partial charge on any atom is -1.00 e. The van der Waals surface area contributed by atoms with Crippen molar-refractivity contribution < 1.29 is 50.5 Å². The lowest BCUT2D eigenvalue weighted by Crippen LogP contribution is -3.00. The van der Waals surface area contributed by atoms with E-state index in [1.54, 1.807) is 27.4 Å². The van der Waals surface area contributed by atoms with Crippen LogP contribution in [0.1, 0.15) is 11.1 Å². The van der Waals surface area contributed by atoms with Crippen LogP contribution in [-0.2, 0) is 17.8 Å². The quantitative estimate of drug-likeness (QED) is 0.325. The number of nitrogens with one attached hydrogen (secondary N) is 2. The van der Waals surface area contributed by atoms with Crippen molar-refractivity contribution in [2.24, 2.45) is 0 Å². The SMILES string of the molecule is COc1cc(C[n+]2cccc(CC(=O)NNC(=O)O)c2)cc(OC)c1OC.[Br-]. The molecule has 10 heteroatoms. The number of hydrazine groups is 1. The number of pyridine rings is 1. The fourth-order valence-electron chi connectivity index (χ4n) is 2.57. The molecule has 0 atom stereocenters. The van der Waals surface area contributed by atoms with E-state index in [1.165, 1.54) is 0 Å². The first-order valence-electron chi connectivity index (χ1n) is 8.01. The van der Waals surface area contributed by atoms with E-state index < -0.39 is 12.0 Å². The molecule has 0 unspecified atom stereocenters. The van der Waals surface area contributed by atoms with Gasteiger partial charge in [-0.1, -0.05) is 0 Å². The molecule has 0 saturated carbocycles. The van der Waals surface area contributed by atoms with Crippen LogP contribution in [0.15, 0.2) is 36.7 Å². The number of nitrogens with zero attached hydrogens (tertiary/aromatic N) is 1. The first-order valence-corrected chi connectivity index (χ1v) is 8.01. The van der Waals surface area contributed by atoms with Crippen molar-refractivity contribution in [3.8, 4) is 17.2 Å². The number of hydrogen-bond donors (Lipinski definition) is 3. The van der Waals surface area contributed by atoms with Gasteiger partial charge in [0, 0.05) is 17.2 Å². The highest BCUT2D eigenvalue weighted by molar-refractivity contribution is 5.80. The zero-order valence-electron chi connectivity index (χ0n) is 15.7. The summed E-state index contributed by atoms with van der Waals surface area (Å²) >= 11 is 0. The van der Waals surface area contributed by atoms with Gasteiger partial charge >= 0.3 is 6.09 Å². The second kappa shape index (κ2) is 11.0. The summed E-state index contributed by atoms with van der Waals surface area (Å²) in [6, 6.07) is 7.30. The summed E-state index contributed by atoms with van der Waals surface area (Å²) in [5, 5.41) is 8.50. The molecule has 2 aromatic rings. The third-order valence-corrected chi connectivity index (χ3v) is 3.68. The molecule has 0 fully saturated rings. The zero-order valence-corrected chi connectivity index (χ0v) is 17.3. The Morgan fingerprint density at radius 1 is 1.04 bits per heavy atom. The number of methoxy groups -OCH3 is 3. The summed E-state index contributed by atoms with van der Waals surface area (Å²) in [6.07, 6.45) is 2.38. The van der Waals surface area contributed by atoms with Gasteiger partial charge < -0.3 is 36.3 Å². The number of carbonyl (C=O) groups excluding carboxylic acids is 1. The fourth-order valence-corrected chi connectivity index (χ4v) is 2.57. The lowest BCUT2D eigenvalue weighted by molar-refractivity contribution is -0.688. The number of hydrogen-bond acceptors (Lipinski definition) is 5. The number of carboxylic acid groups (broad SMARTS) is 1. The van der Waals surface area contributed by atoms with Gasteiger partial charge in [-0.3, -0.25) is 10.2 Å². The van der Waals surface area contributed by atoms with Crippen molar-refractivity contribution in [1.82, 2.24) is 10.9 Å². The number of ether oxygens (including phenoxy) is 3. The van der Waals surface area contributed by atoms with Crippen LogP contribution in [-0.4, -0.2) is 38.4 Å². The minimum atomic E-state index is -1.33. The Labute approximate surface area is 173 Å². The van der Waals surface area contributed by atoms with E-state index in [0.29, 0.717) is 23.8 Å². The maximum absolute atomic E-state index is 11.7. The van der Waals surface area contributed by atoms with Gasteiger partial charge in [0.25, 0.3) is 0 Å². The molecule has 0 radical (unpaired) electrons. The molecule has 0 bridgehead atoms. The fraction of sp³-hybridized carbons (Fsp3) is 0.278. The zero-order chi connectivity index (χ0) is 19.8. The van der Waals surface area contributed by atoms with E-state index in [1.807, 2.05) is 40.6 Å². The van der Waals surface area contributed by atoms with Crippen LogP contribution in [0.25, 0.3) is 0 Å². The number of halogens is 1. The van der Waals surface area contributed by atoms with Gasteiger partial charge in [0.1, 0.15) is 0 Å². The molecule has 3 N–H and O–H groups in total. The summed E-state index contributed by atoms with van der Waals surface area (Å²) in [7, 11) is 4.65. The normalized spacial score (nSPS) is 9.68. The van der Waals surface area contributed by atoms with E-state index in [0.717, 1.165) is 11.1 Å². The van der Waals surface area contributed by atoms with Crippen LogP contribution >= 0.6 is 0 Å². The van der Waals surface area contributed by atoms with Crippen molar-refractivity contribution in [2.45, 2.75) is 13.0 Å². The van der Waals surface area contributed by atoms with Crippen molar-refractivity contribution >= 4 is 12.0 Å². The average Bonchev–Trinajstić information content (AvgIpc) is 2.65. The standard InChI is InChI=1S/C18H21N3O6.BrH/c1-25-14-7-13(8-15(26-2)17(14)27-3)11-21-6-4-5-12(10-21)9-16(22)19-20-18(23)24;/h4-8,10,20H,9,11H2,1-3H3,(H-,19,22,23,24);1H. The number of carbonyl (C=O) groups is 2. The van der Waals surface area contributed by atoms with Gasteiger partial charge in [-0.2, -0.15) is 0 Å². The summed E-state index contributed by atoms with van der Waals surface area (Å²) < 4.78 is 17.9. The van der Waals surface area contributed by atoms with Gasteiger partial charge in [-0.25, -0.2) is 14.8 Å². The van der Waals surface area contributed by atoms with Crippen LogP contribution in [0.2, 0.25) is 0 Å². The molecule has 2 amide bonds. The molecule has 0 spiro atoms. The monoisotopic (exact) mass is 455 g/mol. The van der Waals surface area contributed by atoms with Crippen molar-refractivity contribution in [2.75, 3.05) is 21.3 Å². The van der Waals surface area contributed by atoms with Crippen LogP contribution in [0.3, 0.4) is 0 Å². The van der Waals surface area contributed by atoms with Crippen LogP contribution in [0, 0.1) is 0 Å². The Hall–Kier alpha value is -3.01. The average molecular weight is 456 g/mol. The molecule has 0 aliphatic rings. The van der Waals surface area contributed by atoms with Gasteiger partial charge in [-0.15, -0.1) is 0 Å². The predicted molar refractivity (Wildman–Crippen MR) is 94.8 cm³/mol. The van der Waals surface area contributed by atoms with E-state index in [9.17, 15) is 9.59 Å². The lowest BCUT2D eigenvalue weighted by Gasteiger charge is -2.13. The molecule has 0 saturated heterocycles. The molecule has 1 heterocycles. The van der Waals surface area contributed by atoms with Gasteiger partial charge in [0.2, 0.25) is 11.7 Å². The Morgan fingerprint density at radius 2 is 1.68 bits per heavy atom. The first-order chi connectivity index (χ1) is 13.0. The van der Waals surface area contributed by atoms with E-state index >= 15 is 0 Å². The van der Waals surface area contributed by atoms with E-state index in [4.69, 9.17) is 19.3 Å². The minimum absolute atomic E-state index is 0. The maximum Gasteiger partial charge on any atom is 0.423 e. The molecule has 1 aromatic heterocycles. The maximum atomic E-state index is 11.7. The number of benzene rings is 1. The Balaban J connectivity index is 0.00000392. The Morgan fingerprint density at radius 3 is 2.21 bits per heavy atom. The second-order valence-corrected chi connectivity index (χ2v) is 5.57. The third-order valence-electron chi connectivity index (χ3n) is 3.68. The Bertz CT molecular complexity index is 806. The highest BCUT2D eigenvalue weighted by atomic mass is 79.9. The number of amides is 2. The molecule has 2 rings (SSSR count). The second-order valence-electron chi connectivity index (χ2n) is 5.57. The molecule has 152 valence electrons. The molecule has 28 heavy (non-hydrogen) atoms. The number of aromatic nitrogens is 1. The first kappa shape index (κ1) is 23.0. The summed E-state index contributed by atoms with van der Waals surface area (Å²) in [6.45, 7) is 0.513. The van der Waals surface area contributed by atoms with Crippen molar-refractivity contribution in [1.29, 1.82) is 0 Å². The van der Waals surface area contributed by atoms with Crippen LogP contribution in [0.4, 0.5) is 4.79 Å². The molecule has 1 aromatic carbocycles. The van der Waals surface area contributed by atoms with E-state index in [-0.39, 0.29) is 23.4 Å². The van der Waals surface area contributed by atoms with Gasteiger partial charge in [-0.05, 0) is 18.2 Å². The summed E-state index contributed by atoms with van der Waals surface area (Å²) in [5.74, 6) is 1.18. The highest BCUT2D eigenvalue weighted by Gasteiger charge is 2.16. The topological polar surface area (TPSA) is 110 Å². The molecular formula is C18H22BrN3O6. The van der Waals surface area contributed by atoms with Gasteiger partial charge in [0.15, 0.2) is 30.4 Å². The van der Waals surface area contributed by atoms with Gasteiger partial charge in [0.05, 0.1) is 27.8 Å². The van der Waals surface area contributed by atoms with E-state index in [2.05, 4.69) is 5.43 Å². The summed E-state index contributed by atoms with van der Waals surface area (Å²) in [4.78, 5) is 22.1. The predicted octanol–water partition coefficient (Wildman–Crippen LogP) is -2.11. The molecule has 9 nitrogen and oxygen atoms in total. The van der Waals surface area contributed by atoms with Crippen LogP contribution in [0.5, 0.6) is 17.2 Å². The number of rotatable bonds is 7. The Kier molecular flexibility index (Phi) is 9.03. The molecule has 0 aliphatic heterocycles. The molecular weight excluding hydrogens is 434 g/mol.